The number of carbonyl (C=O) groups is 1. The second kappa shape index (κ2) is 6.22. The zero-order chi connectivity index (χ0) is 16.4. The van der Waals surface area contributed by atoms with Crippen molar-refractivity contribution in [1.29, 1.82) is 0 Å². The number of hydrogen-bond acceptors (Lipinski definition) is 3. The Morgan fingerprint density at radius 1 is 1.09 bits per heavy atom. The van der Waals surface area contributed by atoms with Gasteiger partial charge >= 0.3 is 0 Å². The Morgan fingerprint density at radius 3 is 2.48 bits per heavy atom. The lowest BCUT2D eigenvalue weighted by Gasteiger charge is -2.07. The molecule has 0 radical (unpaired) electrons. The number of aryl methyl sites for hydroxylation is 1. The molecule has 3 aromatic rings. The van der Waals surface area contributed by atoms with Crippen molar-refractivity contribution < 1.29 is 4.79 Å². The number of para-hydroxylation sites is 1. The van der Waals surface area contributed by atoms with Crippen molar-refractivity contribution in [1.82, 2.24) is 15.0 Å². The van der Waals surface area contributed by atoms with Crippen molar-refractivity contribution in [2.45, 2.75) is 13.8 Å². The van der Waals surface area contributed by atoms with Crippen molar-refractivity contribution in [3.63, 3.8) is 0 Å². The quantitative estimate of drug-likeness (QED) is 0.796. The van der Waals surface area contributed by atoms with Gasteiger partial charge in [0, 0.05) is 10.7 Å². The molecule has 116 valence electrons. The zero-order valence-corrected chi connectivity index (χ0v) is 13.5. The lowest BCUT2D eigenvalue weighted by atomic mass is 10.2. The molecule has 0 spiro atoms. The Labute approximate surface area is 138 Å². The maximum atomic E-state index is 12.4. The standard InChI is InChI=1S/C17H15ClN4O/c1-11-5-3-4-6-15(11)22-12(2)16(20-21-22)17(23)19-14-9-7-13(18)8-10-14/h3-10H,1-2H3,(H,19,23). The molecule has 1 heterocycles. The highest BCUT2D eigenvalue weighted by Crippen LogP contribution is 2.18. The minimum atomic E-state index is -0.301. The monoisotopic (exact) mass is 326 g/mol. The van der Waals surface area contributed by atoms with Crippen LogP contribution in [0.15, 0.2) is 48.5 Å². The number of anilines is 1. The summed E-state index contributed by atoms with van der Waals surface area (Å²) in [7, 11) is 0. The van der Waals surface area contributed by atoms with Gasteiger partial charge in [-0.2, -0.15) is 0 Å². The summed E-state index contributed by atoms with van der Waals surface area (Å²) in [5.74, 6) is -0.301. The van der Waals surface area contributed by atoms with Crippen LogP contribution in [-0.4, -0.2) is 20.9 Å². The van der Waals surface area contributed by atoms with E-state index in [0.29, 0.717) is 22.1 Å². The van der Waals surface area contributed by atoms with E-state index in [9.17, 15) is 4.79 Å². The van der Waals surface area contributed by atoms with Gasteiger partial charge in [-0.1, -0.05) is 35.0 Å². The molecule has 0 saturated carbocycles. The molecule has 0 aliphatic heterocycles. The van der Waals surface area contributed by atoms with Gasteiger partial charge in [0.05, 0.1) is 11.4 Å². The summed E-state index contributed by atoms with van der Waals surface area (Å²) in [6.07, 6.45) is 0. The fourth-order valence-electron chi connectivity index (χ4n) is 2.29. The number of rotatable bonds is 3. The Morgan fingerprint density at radius 2 is 1.78 bits per heavy atom. The topological polar surface area (TPSA) is 59.8 Å². The lowest BCUT2D eigenvalue weighted by Crippen LogP contribution is -2.14. The van der Waals surface area contributed by atoms with Crippen molar-refractivity contribution in [2.75, 3.05) is 5.32 Å². The number of aromatic nitrogens is 3. The van der Waals surface area contributed by atoms with Crippen LogP contribution in [0, 0.1) is 13.8 Å². The molecule has 1 amide bonds. The van der Waals surface area contributed by atoms with Crippen molar-refractivity contribution in [3.8, 4) is 5.69 Å². The number of benzene rings is 2. The molecule has 0 aliphatic rings. The van der Waals surface area contributed by atoms with E-state index in [1.54, 1.807) is 28.9 Å². The van der Waals surface area contributed by atoms with Gasteiger partial charge in [-0.25, -0.2) is 4.68 Å². The van der Waals surface area contributed by atoms with Crippen LogP contribution in [0.3, 0.4) is 0 Å². The summed E-state index contributed by atoms with van der Waals surface area (Å²) >= 11 is 5.84. The van der Waals surface area contributed by atoms with Crippen LogP contribution in [-0.2, 0) is 0 Å². The molecule has 6 heteroatoms. The number of halogens is 1. The maximum Gasteiger partial charge on any atom is 0.278 e. The van der Waals surface area contributed by atoms with Gasteiger partial charge in [-0.05, 0) is 49.7 Å². The predicted molar refractivity (Wildman–Crippen MR) is 90.2 cm³/mol. The Kier molecular flexibility index (Phi) is 4.12. The molecule has 0 aliphatic carbocycles. The summed E-state index contributed by atoms with van der Waals surface area (Å²) in [5, 5.41) is 11.5. The number of hydrogen-bond donors (Lipinski definition) is 1. The molecule has 1 aromatic heterocycles. The molecule has 0 saturated heterocycles. The molecule has 5 nitrogen and oxygen atoms in total. The van der Waals surface area contributed by atoms with Crippen molar-refractivity contribution in [2.24, 2.45) is 0 Å². The van der Waals surface area contributed by atoms with Crippen LogP contribution in [0.2, 0.25) is 5.02 Å². The summed E-state index contributed by atoms with van der Waals surface area (Å²) in [6.45, 7) is 3.81. The summed E-state index contributed by atoms with van der Waals surface area (Å²) in [6, 6.07) is 14.7. The van der Waals surface area contributed by atoms with Gasteiger partial charge < -0.3 is 5.32 Å². The molecular weight excluding hydrogens is 312 g/mol. The lowest BCUT2D eigenvalue weighted by molar-refractivity contribution is 0.102. The van der Waals surface area contributed by atoms with Crippen LogP contribution < -0.4 is 5.32 Å². The minimum Gasteiger partial charge on any atom is -0.321 e. The second-order valence-electron chi connectivity index (χ2n) is 5.18. The third-order valence-corrected chi connectivity index (χ3v) is 3.81. The van der Waals surface area contributed by atoms with Crippen LogP contribution in [0.4, 0.5) is 5.69 Å². The van der Waals surface area contributed by atoms with Gasteiger partial charge in [0.2, 0.25) is 0 Å². The summed E-state index contributed by atoms with van der Waals surface area (Å²) in [4.78, 5) is 12.4. The van der Waals surface area contributed by atoms with Crippen LogP contribution >= 0.6 is 11.6 Å². The molecule has 2 aromatic carbocycles. The van der Waals surface area contributed by atoms with E-state index >= 15 is 0 Å². The zero-order valence-electron chi connectivity index (χ0n) is 12.7. The van der Waals surface area contributed by atoms with Crippen molar-refractivity contribution in [3.05, 3.63) is 70.5 Å². The molecule has 1 N–H and O–H groups in total. The molecule has 0 bridgehead atoms. The second-order valence-corrected chi connectivity index (χ2v) is 5.62. The summed E-state index contributed by atoms with van der Waals surface area (Å²) in [5.41, 5.74) is 3.60. The maximum absolute atomic E-state index is 12.4. The van der Waals surface area contributed by atoms with E-state index in [0.717, 1.165) is 11.3 Å². The SMILES string of the molecule is Cc1ccccc1-n1nnc(C(=O)Nc2ccc(Cl)cc2)c1C. The predicted octanol–water partition coefficient (Wildman–Crippen LogP) is 3.79. The first-order valence-electron chi connectivity index (χ1n) is 7.11. The van der Waals surface area contributed by atoms with Gasteiger partial charge in [-0.3, -0.25) is 4.79 Å². The number of amides is 1. The summed E-state index contributed by atoms with van der Waals surface area (Å²) < 4.78 is 1.67. The van der Waals surface area contributed by atoms with Gasteiger partial charge in [0.15, 0.2) is 5.69 Å². The third-order valence-electron chi connectivity index (χ3n) is 3.56. The average Bonchev–Trinajstić information content (AvgIpc) is 2.92. The molecule has 0 unspecified atom stereocenters. The van der Waals surface area contributed by atoms with E-state index in [4.69, 9.17) is 11.6 Å². The molecule has 0 atom stereocenters. The van der Waals surface area contributed by atoms with Crippen LogP contribution in [0.1, 0.15) is 21.7 Å². The largest absolute Gasteiger partial charge is 0.321 e. The highest BCUT2D eigenvalue weighted by molar-refractivity contribution is 6.30. The van der Waals surface area contributed by atoms with Crippen LogP contribution in [0.5, 0.6) is 0 Å². The Balaban J connectivity index is 1.88. The van der Waals surface area contributed by atoms with E-state index in [2.05, 4.69) is 15.6 Å². The van der Waals surface area contributed by atoms with E-state index in [1.165, 1.54) is 0 Å². The van der Waals surface area contributed by atoms with E-state index in [-0.39, 0.29) is 5.91 Å². The number of nitrogens with zero attached hydrogens (tertiary/aromatic N) is 3. The smallest absolute Gasteiger partial charge is 0.278 e. The Bertz CT molecular complexity index is 855. The fraction of sp³-hybridized carbons (Fsp3) is 0.118. The van der Waals surface area contributed by atoms with Gasteiger partial charge in [-0.15, -0.1) is 5.10 Å². The first-order chi connectivity index (χ1) is 11.1. The average molecular weight is 327 g/mol. The Hall–Kier alpha value is -2.66. The highest BCUT2D eigenvalue weighted by atomic mass is 35.5. The first kappa shape index (κ1) is 15.2. The van der Waals surface area contributed by atoms with Crippen molar-refractivity contribution >= 4 is 23.2 Å². The molecule has 3 rings (SSSR count). The highest BCUT2D eigenvalue weighted by Gasteiger charge is 2.18. The number of nitrogens with one attached hydrogen (secondary N) is 1. The molecule has 0 fully saturated rings. The van der Waals surface area contributed by atoms with Gasteiger partial charge in [0.25, 0.3) is 5.91 Å². The normalized spacial score (nSPS) is 10.6. The fourth-order valence-corrected chi connectivity index (χ4v) is 2.42. The molecular formula is C17H15ClN4O. The van der Waals surface area contributed by atoms with Gasteiger partial charge in [0.1, 0.15) is 0 Å². The number of carbonyl (C=O) groups excluding carboxylic acids is 1. The molecule has 23 heavy (non-hydrogen) atoms. The minimum absolute atomic E-state index is 0.295. The third kappa shape index (κ3) is 3.10. The first-order valence-corrected chi connectivity index (χ1v) is 7.49. The van der Waals surface area contributed by atoms with Crippen LogP contribution in [0.25, 0.3) is 5.69 Å². The van der Waals surface area contributed by atoms with E-state index < -0.39 is 0 Å². The van der Waals surface area contributed by atoms with E-state index in [1.807, 2.05) is 38.1 Å².